The molecule has 1 aromatic carbocycles. The molecule has 2 N–H and O–H groups in total. The monoisotopic (exact) mass is 575 g/mol. The Hall–Kier alpha value is -3.06. The lowest BCUT2D eigenvalue weighted by atomic mass is 9.99. The van der Waals surface area contributed by atoms with Gasteiger partial charge >= 0.3 is 5.97 Å². The number of carbonyl (C=O) groups is 2. The molecule has 4 rings (SSSR count). The fourth-order valence-electron chi connectivity index (χ4n) is 3.67. The predicted molar refractivity (Wildman–Crippen MR) is 157 cm³/mol. The minimum Gasteiger partial charge on any atom is -0.480 e. The molecule has 3 aromatic rings. The number of aliphatic carboxylic acids is 1. The van der Waals surface area contributed by atoms with Crippen molar-refractivity contribution in [3.8, 4) is 5.00 Å². The molecule has 1 aliphatic heterocycles. The molecule has 1 aliphatic rings. The van der Waals surface area contributed by atoms with E-state index in [2.05, 4.69) is 77.7 Å². The number of thiol groups is 1. The minimum atomic E-state index is -0.997. The second-order valence-corrected chi connectivity index (χ2v) is 9.74. The molecule has 2 aromatic heterocycles. The van der Waals surface area contributed by atoms with Gasteiger partial charge in [-0.1, -0.05) is 29.8 Å². The summed E-state index contributed by atoms with van der Waals surface area (Å²) in [6.07, 6.45) is 1.69. The lowest BCUT2D eigenvalue weighted by molar-refractivity contribution is -0.142. The molecule has 0 saturated carbocycles. The molecule has 0 unspecified atom stereocenters. The smallest absolute Gasteiger partial charge is 0.329 e. The number of carboxylic acids is 1. The molecule has 0 saturated heterocycles. The Morgan fingerprint density at radius 3 is 2.36 bits per heavy atom. The fourth-order valence-corrected chi connectivity index (χ4v) is 4.90. The third-order valence-corrected chi connectivity index (χ3v) is 6.81. The standard InChI is InChI=1S/C18H18N4S.C8H15NO5.CH4S/c1-10-5-7-14(8-6-10)17-16-11(2)12(3)23-18(16)22-13(4)20-21-15(22)9-19-17;1-7(10)9-2-3-13-4-5-14-6-8(11)12;1-2/h5-8H,9H2,1-4H3;2-6H2,1H3,(H,9,10)(H,11,12);2H,1H3. The Kier molecular flexibility index (Phi) is 13.3. The molecule has 12 heteroatoms. The van der Waals surface area contributed by atoms with E-state index in [1.807, 2.05) is 6.92 Å². The highest BCUT2D eigenvalue weighted by Crippen LogP contribution is 2.36. The van der Waals surface area contributed by atoms with Crippen LogP contribution in [0.1, 0.15) is 45.7 Å². The average molecular weight is 576 g/mol. The zero-order valence-corrected chi connectivity index (χ0v) is 25.0. The highest BCUT2D eigenvalue weighted by molar-refractivity contribution is 7.79. The van der Waals surface area contributed by atoms with Crippen molar-refractivity contribution in [2.75, 3.05) is 39.2 Å². The van der Waals surface area contributed by atoms with Crippen LogP contribution in [-0.4, -0.2) is 76.7 Å². The lowest BCUT2D eigenvalue weighted by Crippen LogP contribution is -2.25. The van der Waals surface area contributed by atoms with Gasteiger partial charge < -0.3 is 19.9 Å². The summed E-state index contributed by atoms with van der Waals surface area (Å²) >= 11 is 5.32. The van der Waals surface area contributed by atoms with Crippen molar-refractivity contribution in [3.63, 3.8) is 0 Å². The summed E-state index contributed by atoms with van der Waals surface area (Å²) in [4.78, 5) is 26.6. The average Bonchev–Trinajstić information content (AvgIpc) is 3.35. The van der Waals surface area contributed by atoms with E-state index in [0.717, 1.165) is 22.9 Å². The predicted octanol–water partition coefficient (Wildman–Crippen LogP) is 3.70. The van der Waals surface area contributed by atoms with E-state index >= 15 is 0 Å². The third kappa shape index (κ3) is 9.27. The van der Waals surface area contributed by atoms with Crippen molar-refractivity contribution in [1.29, 1.82) is 0 Å². The summed E-state index contributed by atoms with van der Waals surface area (Å²) in [6, 6.07) is 8.60. The van der Waals surface area contributed by atoms with E-state index in [4.69, 9.17) is 19.6 Å². The number of carbonyl (C=O) groups excluding carboxylic acids is 1. The quantitative estimate of drug-likeness (QED) is 0.262. The van der Waals surface area contributed by atoms with Crippen LogP contribution in [0.15, 0.2) is 29.3 Å². The number of benzene rings is 1. The Morgan fingerprint density at radius 1 is 1.05 bits per heavy atom. The normalized spacial score (nSPS) is 11.5. The van der Waals surface area contributed by atoms with Crippen LogP contribution in [0.25, 0.3) is 5.00 Å². The van der Waals surface area contributed by atoms with Crippen LogP contribution < -0.4 is 5.32 Å². The Balaban J connectivity index is 0.000000290. The number of hydrogen-bond donors (Lipinski definition) is 3. The maximum atomic E-state index is 10.4. The van der Waals surface area contributed by atoms with Gasteiger partial charge in [-0.3, -0.25) is 14.4 Å². The fraction of sp³-hybridized carbons (Fsp3) is 0.444. The number of nitrogens with one attached hydrogen (secondary N) is 1. The van der Waals surface area contributed by atoms with Gasteiger partial charge in [0.05, 0.1) is 25.5 Å². The van der Waals surface area contributed by atoms with E-state index in [1.165, 1.54) is 33.5 Å². The van der Waals surface area contributed by atoms with Crippen molar-refractivity contribution in [2.24, 2.45) is 4.99 Å². The van der Waals surface area contributed by atoms with Crippen molar-refractivity contribution in [1.82, 2.24) is 20.1 Å². The molecule has 0 spiro atoms. The molecular weight excluding hydrogens is 538 g/mol. The second kappa shape index (κ2) is 16.1. The van der Waals surface area contributed by atoms with Crippen molar-refractivity contribution in [3.05, 3.63) is 63.0 Å². The number of thiophene rings is 1. The number of carboxylic acid groups (broad SMARTS) is 1. The first-order valence-corrected chi connectivity index (χ1v) is 14.1. The first-order chi connectivity index (χ1) is 18.7. The van der Waals surface area contributed by atoms with E-state index in [9.17, 15) is 9.59 Å². The van der Waals surface area contributed by atoms with E-state index in [0.29, 0.717) is 26.3 Å². The maximum absolute atomic E-state index is 10.4. The molecular formula is C27H37N5O5S2. The summed E-state index contributed by atoms with van der Waals surface area (Å²) in [6.45, 7) is 11.6. The molecule has 0 bridgehead atoms. The van der Waals surface area contributed by atoms with Crippen molar-refractivity contribution >= 4 is 41.6 Å². The second-order valence-electron chi connectivity index (χ2n) is 8.53. The van der Waals surface area contributed by atoms with Gasteiger partial charge in [0.25, 0.3) is 0 Å². The first kappa shape index (κ1) is 32.2. The number of aromatic nitrogens is 3. The summed E-state index contributed by atoms with van der Waals surface area (Å²) in [5.41, 5.74) is 6.00. The number of amides is 1. The lowest BCUT2D eigenvalue weighted by Gasteiger charge is -2.09. The van der Waals surface area contributed by atoms with E-state index in [1.54, 1.807) is 17.6 Å². The van der Waals surface area contributed by atoms with Crippen molar-refractivity contribution in [2.45, 2.75) is 41.2 Å². The van der Waals surface area contributed by atoms with Crippen LogP contribution in [0.4, 0.5) is 0 Å². The summed E-state index contributed by atoms with van der Waals surface area (Å²) in [5, 5.41) is 20.5. The van der Waals surface area contributed by atoms with E-state index in [-0.39, 0.29) is 19.1 Å². The van der Waals surface area contributed by atoms with E-state index < -0.39 is 5.97 Å². The molecule has 212 valence electrons. The number of aryl methyl sites for hydroxylation is 3. The molecule has 1 amide bonds. The number of aliphatic imine (C=N–C) groups is 1. The number of rotatable bonds is 9. The Bertz CT molecular complexity index is 1250. The molecule has 0 fully saturated rings. The molecule has 0 atom stereocenters. The van der Waals surface area contributed by atoms with Gasteiger partial charge in [-0.15, -0.1) is 21.5 Å². The van der Waals surface area contributed by atoms with Crippen LogP contribution in [0, 0.1) is 27.7 Å². The minimum absolute atomic E-state index is 0.101. The Morgan fingerprint density at radius 2 is 1.72 bits per heavy atom. The number of nitrogens with zero attached hydrogens (tertiary/aromatic N) is 4. The van der Waals surface area contributed by atoms with Crippen LogP contribution in [0.3, 0.4) is 0 Å². The van der Waals surface area contributed by atoms with Gasteiger partial charge in [0.15, 0.2) is 5.82 Å². The maximum Gasteiger partial charge on any atom is 0.329 e. The number of ether oxygens (including phenoxy) is 2. The van der Waals surface area contributed by atoms with Crippen molar-refractivity contribution < 1.29 is 24.2 Å². The van der Waals surface area contributed by atoms with Gasteiger partial charge in [-0.05, 0) is 39.5 Å². The SMILES string of the molecule is CC(=O)NCCOCCOCC(=O)O.CS.Cc1ccc(C2=NCc3nnc(C)n3-c3sc(C)c(C)c32)cc1. The van der Waals surface area contributed by atoms with Crippen LogP contribution >= 0.6 is 24.0 Å². The van der Waals surface area contributed by atoms with Gasteiger partial charge in [-0.25, -0.2) is 4.79 Å². The number of fused-ring (bicyclic) bond motifs is 3. The molecule has 0 radical (unpaired) electrons. The highest BCUT2D eigenvalue weighted by Gasteiger charge is 2.26. The van der Waals surface area contributed by atoms with Gasteiger partial charge in [-0.2, -0.15) is 12.6 Å². The molecule has 10 nitrogen and oxygen atoms in total. The number of hydrogen-bond acceptors (Lipinski definition) is 9. The summed E-state index contributed by atoms with van der Waals surface area (Å²) in [7, 11) is 0. The largest absolute Gasteiger partial charge is 0.480 e. The summed E-state index contributed by atoms with van der Waals surface area (Å²) in [5.74, 6) is 0.731. The summed E-state index contributed by atoms with van der Waals surface area (Å²) < 4.78 is 11.9. The molecule has 3 heterocycles. The van der Waals surface area contributed by atoms with Gasteiger partial charge in [0.1, 0.15) is 24.0 Å². The van der Waals surface area contributed by atoms with Crippen LogP contribution in [0.5, 0.6) is 0 Å². The van der Waals surface area contributed by atoms with Gasteiger partial charge in [0.2, 0.25) is 5.91 Å². The molecule has 0 aliphatic carbocycles. The van der Waals surface area contributed by atoms with Gasteiger partial charge in [0, 0.05) is 29.5 Å². The van der Waals surface area contributed by atoms with Crippen LogP contribution in [0.2, 0.25) is 0 Å². The zero-order valence-electron chi connectivity index (χ0n) is 23.3. The van der Waals surface area contributed by atoms with Crippen LogP contribution in [-0.2, 0) is 25.6 Å². The zero-order chi connectivity index (χ0) is 28.9. The third-order valence-electron chi connectivity index (χ3n) is 5.62. The highest BCUT2D eigenvalue weighted by atomic mass is 32.1. The first-order valence-electron chi connectivity index (χ1n) is 12.4. The Labute approximate surface area is 238 Å². The molecule has 39 heavy (non-hydrogen) atoms. The topological polar surface area (TPSA) is 128 Å².